The molecule has 2 aromatic rings. The molecule has 0 atom stereocenters. The van der Waals surface area contributed by atoms with Gasteiger partial charge in [0.25, 0.3) is 5.91 Å². The summed E-state index contributed by atoms with van der Waals surface area (Å²) >= 11 is 0. The van der Waals surface area contributed by atoms with Gasteiger partial charge in [-0.25, -0.2) is 13.1 Å². The fraction of sp³-hybridized carbons (Fsp3) is 0.316. The minimum absolute atomic E-state index is 0.0343. The number of ether oxygens (including phenoxy) is 1. The smallest absolute Gasteiger partial charge is 0.264 e. The molecule has 1 aliphatic carbocycles. The van der Waals surface area contributed by atoms with Gasteiger partial charge in [0.15, 0.2) is 6.61 Å². The summed E-state index contributed by atoms with van der Waals surface area (Å²) in [5.41, 5.74) is 1.51. The van der Waals surface area contributed by atoms with Gasteiger partial charge in [0, 0.05) is 19.0 Å². The van der Waals surface area contributed by atoms with Crippen LogP contribution in [0.4, 0.5) is 5.69 Å². The second-order valence-corrected chi connectivity index (χ2v) is 8.61. The Hall–Kier alpha value is -2.38. The van der Waals surface area contributed by atoms with Gasteiger partial charge in [-0.3, -0.25) is 4.79 Å². The van der Waals surface area contributed by atoms with Gasteiger partial charge >= 0.3 is 0 Å². The highest BCUT2D eigenvalue weighted by Crippen LogP contribution is 2.47. The summed E-state index contributed by atoms with van der Waals surface area (Å²) in [6.07, 6.45) is 1.93. The molecular formula is C19H20N2O4S. The third-order valence-electron chi connectivity index (χ3n) is 5.17. The van der Waals surface area contributed by atoms with Crippen molar-refractivity contribution in [2.75, 3.05) is 25.1 Å². The third kappa shape index (κ3) is 2.97. The lowest BCUT2D eigenvalue weighted by atomic mass is 9.96. The first-order chi connectivity index (χ1) is 12.4. The van der Waals surface area contributed by atoms with Crippen LogP contribution in [0.1, 0.15) is 18.4 Å². The van der Waals surface area contributed by atoms with E-state index >= 15 is 0 Å². The van der Waals surface area contributed by atoms with Crippen LogP contribution in [0.25, 0.3) is 0 Å². The summed E-state index contributed by atoms with van der Waals surface area (Å²) in [5, 5.41) is 0. The Morgan fingerprint density at radius 2 is 1.88 bits per heavy atom. The molecule has 1 saturated carbocycles. The number of amides is 1. The Labute approximate surface area is 152 Å². The van der Waals surface area contributed by atoms with Gasteiger partial charge in [0.05, 0.1) is 10.6 Å². The molecule has 2 aliphatic rings. The first-order valence-electron chi connectivity index (χ1n) is 8.50. The molecule has 1 heterocycles. The number of nitrogens with one attached hydrogen (secondary N) is 1. The number of rotatable bonds is 5. The van der Waals surface area contributed by atoms with Crippen molar-refractivity contribution < 1.29 is 17.9 Å². The summed E-state index contributed by atoms with van der Waals surface area (Å²) in [5.74, 6) is 0.301. The molecule has 2 aromatic carbocycles. The van der Waals surface area contributed by atoms with Gasteiger partial charge in [-0.1, -0.05) is 30.3 Å². The van der Waals surface area contributed by atoms with Crippen LogP contribution >= 0.6 is 0 Å². The summed E-state index contributed by atoms with van der Waals surface area (Å²) in [4.78, 5) is 13.3. The van der Waals surface area contributed by atoms with Crippen LogP contribution < -0.4 is 14.4 Å². The monoisotopic (exact) mass is 372 g/mol. The van der Waals surface area contributed by atoms with Crippen LogP contribution in [-0.2, 0) is 20.2 Å². The van der Waals surface area contributed by atoms with Crippen LogP contribution in [0.2, 0.25) is 0 Å². The first kappa shape index (κ1) is 17.1. The predicted molar refractivity (Wildman–Crippen MR) is 97.9 cm³/mol. The molecule has 0 bridgehead atoms. The van der Waals surface area contributed by atoms with Crippen LogP contribution in [-0.4, -0.2) is 34.5 Å². The van der Waals surface area contributed by atoms with Crippen LogP contribution in [0.3, 0.4) is 0 Å². The molecule has 1 fully saturated rings. The fourth-order valence-corrected chi connectivity index (χ4v) is 4.39. The molecular weight excluding hydrogens is 352 g/mol. The molecule has 4 rings (SSSR count). The second-order valence-electron chi connectivity index (χ2n) is 6.84. The minimum atomic E-state index is -3.68. The topological polar surface area (TPSA) is 75.7 Å². The average molecular weight is 372 g/mol. The van der Waals surface area contributed by atoms with E-state index in [2.05, 4.69) is 4.72 Å². The predicted octanol–water partition coefficient (Wildman–Crippen LogP) is 2.05. The van der Waals surface area contributed by atoms with Gasteiger partial charge in [-0.05, 0) is 36.6 Å². The number of carbonyl (C=O) groups excluding carboxylic acids is 1. The van der Waals surface area contributed by atoms with E-state index in [0.29, 0.717) is 18.0 Å². The van der Waals surface area contributed by atoms with Gasteiger partial charge in [0.1, 0.15) is 5.75 Å². The number of carbonyl (C=O) groups is 1. The largest absolute Gasteiger partial charge is 0.482 e. The van der Waals surface area contributed by atoms with Crippen molar-refractivity contribution in [2.45, 2.75) is 23.2 Å². The molecule has 0 aromatic heterocycles. The number of sulfonamides is 1. The van der Waals surface area contributed by atoms with Crippen molar-refractivity contribution in [1.82, 2.24) is 4.72 Å². The highest BCUT2D eigenvalue weighted by atomic mass is 32.2. The Kier molecular flexibility index (Phi) is 4.00. The Morgan fingerprint density at radius 3 is 2.58 bits per heavy atom. The molecule has 1 aliphatic heterocycles. The number of anilines is 1. The number of hydrogen-bond acceptors (Lipinski definition) is 4. The highest BCUT2D eigenvalue weighted by Gasteiger charge is 2.44. The van der Waals surface area contributed by atoms with Gasteiger partial charge in [0.2, 0.25) is 10.0 Å². The van der Waals surface area contributed by atoms with E-state index in [1.54, 1.807) is 13.1 Å². The van der Waals surface area contributed by atoms with Gasteiger partial charge in [-0.15, -0.1) is 0 Å². The van der Waals surface area contributed by atoms with Crippen molar-refractivity contribution >= 4 is 21.6 Å². The van der Waals surface area contributed by atoms with E-state index in [1.165, 1.54) is 17.0 Å². The molecule has 0 spiro atoms. The Balaban J connectivity index is 1.55. The lowest BCUT2D eigenvalue weighted by Gasteiger charge is -2.26. The highest BCUT2D eigenvalue weighted by molar-refractivity contribution is 7.89. The van der Waals surface area contributed by atoms with E-state index in [9.17, 15) is 13.2 Å². The van der Waals surface area contributed by atoms with Crippen molar-refractivity contribution in [3.8, 4) is 5.75 Å². The number of nitrogens with zero attached hydrogens (tertiary/aromatic N) is 1. The summed E-state index contributed by atoms with van der Waals surface area (Å²) < 4.78 is 33.6. The first-order valence-corrected chi connectivity index (χ1v) is 9.98. The molecule has 1 N–H and O–H groups in total. The molecule has 136 valence electrons. The zero-order valence-corrected chi connectivity index (χ0v) is 15.3. The average Bonchev–Trinajstić information content (AvgIpc) is 3.45. The summed E-state index contributed by atoms with van der Waals surface area (Å²) in [7, 11) is -2.07. The Bertz CT molecular complexity index is 953. The summed E-state index contributed by atoms with van der Waals surface area (Å²) in [6.45, 7) is 0.329. The zero-order valence-electron chi connectivity index (χ0n) is 14.4. The van der Waals surface area contributed by atoms with Crippen molar-refractivity contribution in [3.05, 3.63) is 54.1 Å². The molecule has 7 heteroatoms. The SMILES string of the molecule is CN1C(=O)COc2ccc(S(=O)(=O)NCC3(c4ccccc4)CC3)cc21. The molecule has 1 amide bonds. The Morgan fingerprint density at radius 1 is 1.15 bits per heavy atom. The van der Waals surface area contributed by atoms with Crippen LogP contribution in [0.15, 0.2) is 53.4 Å². The van der Waals surface area contributed by atoms with Gasteiger partial charge < -0.3 is 9.64 Å². The summed E-state index contributed by atoms with van der Waals surface area (Å²) in [6, 6.07) is 14.6. The maximum absolute atomic E-state index is 12.8. The molecule has 6 nitrogen and oxygen atoms in total. The third-order valence-corrected chi connectivity index (χ3v) is 6.57. The normalized spacial score (nSPS) is 18.2. The lowest BCUT2D eigenvalue weighted by Crippen LogP contribution is -2.36. The molecule has 26 heavy (non-hydrogen) atoms. The number of likely N-dealkylation sites (N-methyl/N-ethyl adjacent to an activating group) is 1. The van der Waals surface area contributed by atoms with Crippen molar-refractivity contribution in [3.63, 3.8) is 0 Å². The second kappa shape index (κ2) is 6.10. The number of hydrogen-bond donors (Lipinski definition) is 1. The number of fused-ring (bicyclic) bond motifs is 1. The minimum Gasteiger partial charge on any atom is -0.482 e. The van der Waals surface area contributed by atoms with Gasteiger partial charge in [-0.2, -0.15) is 0 Å². The van der Waals surface area contributed by atoms with Crippen LogP contribution in [0, 0.1) is 0 Å². The molecule has 0 unspecified atom stereocenters. The van der Waals surface area contributed by atoms with E-state index in [-0.39, 0.29) is 22.8 Å². The van der Waals surface area contributed by atoms with E-state index < -0.39 is 10.0 Å². The van der Waals surface area contributed by atoms with E-state index in [0.717, 1.165) is 18.4 Å². The quantitative estimate of drug-likeness (QED) is 0.872. The lowest BCUT2D eigenvalue weighted by molar-refractivity contribution is -0.120. The maximum atomic E-state index is 12.8. The number of benzene rings is 2. The van der Waals surface area contributed by atoms with Crippen molar-refractivity contribution in [1.29, 1.82) is 0 Å². The molecule has 0 saturated heterocycles. The molecule has 0 radical (unpaired) electrons. The van der Waals surface area contributed by atoms with E-state index in [4.69, 9.17) is 4.74 Å². The maximum Gasteiger partial charge on any atom is 0.264 e. The zero-order chi connectivity index (χ0) is 18.4. The van der Waals surface area contributed by atoms with Crippen molar-refractivity contribution in [2.24, 2.45) is 0 Å². The van der Waals surface area contributed by atoms with E-state index in [1.807, 2.05) is 30.3 Å². The standard InChI is InChI=1S/C19H20N2O4S/c1-21-16-11-15(7-8-17(16)25-12-18(21)22)26(23,24)20-13-19(9-10-19)14-5-3-2-4-6-14/h2-8,11,20H,9-10,12-13H2,1H3. The van der Waals surface area contributed by atoms with Crippen LogP contribution in [0.5, 0.6) is 5.75 Å². The fourth-order valence-electron chi connectivity index (χ4n) is 3.25.